The quantitative estimate of drug-likeness (QED) is 0.827. The normalized spacial score (nSPS) is 13.1. The number of carboxylic acids is 1. The zero-order valence-electron chi connectivity index (χ0n) is 11.1. The molecule has 0 saturated carbocycles. The third-order valence-corrected chi connectivity index (χ3v) is 4.80. The highest BCUT2D eigenvalue weighted by atomic mass is 79.9. The van der Waals surface area contributed by atoms with E-state index in [1.807, 2.05) is 32.0 Å². The Balaban J connectivity index is 2.81. The Labute approximate surface area is 125 Å². The molecule has 1 rings (SSSR count). The van der Waals surface area contributed by atoms with Gasteiger partial charge in [0.2, 0.25) is 0 Å². The molecule has 4 nitrogen and oxygen atoms in total. The summed E-state index contributed by atoms with van der Waals surface area (Å²) in [7, 11) is 1.62. The maximum absolute atomic E-state index is 11.0. The van der Waals surface area contributed by atoms with Gasteiger partial charge in [-0.05, 0) is 32.0 Å². The Kier molecular flexibility index (Phi) is 5.70. The van der Waals surface area contributed by atoms with Crippen molar-refractivity contribution in [2.45, 2.75) is 30.4 Å². The van der Waals surface area contributed by atoms with Crippen molar-refractivity contribution in [1.29, 1.82) is 0 Å². The summed E-state index contributed by atoms with van der Waals surface area (Å²) >= 11 is 4.91. The third-order valence-electron chi connectivity index (χ3n) is 2.86. The van der Waals surface area contributed by atoms with E-state index in [1.54, 1.807) is 7.11 Å². The number of ether oxygens (including phenoxy) is 1. The van der Waals surface area contributed by atoms with Crippen molar-refractivity contribution in [2.75, 3.05) is 7.11 Å². The van der Waals surface area contributed by atoms with E-state index in [9.17, 15) is 4.79 Å². The molecule has 0 spiro atoms. The second kappa shape index (κ2) is 6.63. The van der Waals surface area contributed by atoms with Crippen LogP contribution in [0.5, 0.6) is 5.75 Å². The second-order valence-electron chi connectivity index (χ2n) is 4.66. The minimum atomic E-state index is -0.987. The fraction of sp³-hybridized carbons (Fsp3) is 0.462. The summed E-state index contributed by atoms with van der Waals surface area (Å²) < 4.78 is 5.70. The van der Waals surface area contributed by atoms with E-state index in [0.717, 1.165) is 15.8 Å². The highest BCUT2D eigenvalue weighted by molar-refractivity contribution is 9.10. The molecular weight excluding hydrogens is 330 g/mol. The molecule has 19 heavy (non-hydrogen) atoms. The topological polar surface area (TPSA) is 72.5 Å². The predicted molar refractivity (Wildman–Crippen MR) is 81.7 cm³/mol. The predicted octanol–water partition coefficient (Wildman–Crippen LogP) is 2.88. The number of nitrogens with two attached hydrogens (primary N) is 1. The molecule has 0 radical (unpaired) electrons. The average molecular weight is 348 g/mol. The van der Waals surface area contributed by atoms with Crippen LogP contribution < -0.4 is 10.5 Å². The van der Waals surface area contributed by atoms with E-state index in [-0.39, 0.29) is 0 Å². The number of halogens is 1. The SMILES string of the molecule is COc1ccc(Br)cc1CSC(C)(C)[C@@H](N)C(=O)O. The van der Waals surface area contributed by atoms with Crippen LogP contribution in [0.3, 0.4) is 0 Å². The molecule has 0 aliphatic rings. The van der Waals surface area contributed by atoms with Crippen LogP contribution in [-0.2, 0) is 10.5 Å². The molecule has 0 aromatic heterocycles. The van der Waals surface area contributed by atoms with Crippen molar-refractivity contribution in [3.05, 3.63) is 28.2 Å². The summed E-state index contributed by atoms with van der Waals surface area (Å²) in [6, 6.07) is 4.84. The Morgan fingerprint density at radius 1 is 1.58 bits per heavy atom. The standard InChI is InChI=1S/C13H18BrNO3S/c1-13(2,11(15)12(16)17)19-7-8-6-9(14)4-5-10(8)18-3/h4-6,11H,7,15H2,1-3H3,(H,16,17)/t11-/m0/s1. The van der Waals surface area contributed by atoms with Gasteiger partial charge in [-0.3, -0.25) is 4.79 Å². The summed E-state index contributed by atoms with van der Waals surface area (Å²) in [5.74, 6) is 0.436. The van der Waals surface area contributed by atoms with Crippen LogP contribution in [0.4, 0.5) is 0 Å². The first-order valence-electron chi connectivity index (χ1n) is 5.72. The van der Waals surface area contributed by atoms with Gasteiger partial charge in [0.25, 0.3) is 0 Å². The van der Waals surface area contributed by atoms with Crippen molar-refractivity contribution in [3.8, 4) is 5.75 Å². The third kappa shape index (κ3) is 4.40. The Bertz CT molecular complexity index is 465. The molecule has 0 unspecified atom stereocenters. The molecule has 0 amide bonds. The monoisotopic (exact) mass is 347 g/mol. The maximum Gasteiger partial charge on any atom is 0.321 e. The fourth-order valence-electron chi connectivity index (χ4n) is 1.51. The lowest BCUT2D eigenvalue weighted by Crippen LogP contribution is -2.46. The van der Waals surface area contributed by atoms with Crippen molar-refractivity contribution < 1.29 is 14.6 Å². The van der Waals surface area contributed by atoms with Gasteiger partial charge in [-0.15, -0.1) is 11.8 Å². The maximum atomic E-state index is 11.0. The molecule has 6 heteroatoms. The highest BCUT2D eigenvalue weighted by Crippen LogP contribution is 2.34. The Hall–Kier alpha value is -0.720. The van der Waals surface area contributed by atoms with E-state index >= 15 is 0 Å². The van der Waals surface area contributed by atoms with Crippen LogP contribution in [0.2, 0.25) is 0 Å². The first-order valence-corrected chi connectivity index (χ1v) is 7.50. The van der Waals surface area contributed by atoms with Crippen LogP contribution in [0.15, 0.2) is 22.7 Å². The number of benzene rings is 1. The number of carboxylic acid groups (broad SMARTS) is 1. The number of hydrogen-bond acceptors (Lipinski definition) is 4. The van der Waals surface area contributed by atoms with Gasteiger partial charge in [-0.1, -0.05) is 15.9 Å². The number of carbonyl (C=O) groups is 1. The molecule has 1 aromatic rings. The minimum absolute atomic E-state index is 0.556. The van der Waals surface area contributed by atoms with Crippen molar-refractivity contribution in [1.82, 2.24) is 0 Å². The Morgan fingerprint density at radius 3 is 2.74 bits per heavy atom. The zero-order valence-corrected chi connectivity index (χ0v) is 13.5. The number of thioether (sulfide) groups is 1. The molecule has 0 aliphatic carbocycles. The van der Waals surface area contributed by atoms with Gasteiger partial charge < -0.3 is 15.6 Å². The average Bonchev–Trinajstić information content (AvgIpc) is 2.35. The molecule has 0 aliphatic heterocycles. The van der Waals surface area contributed by atoms with Gasteiger partial charge in [0.1, 0.15) is 11.8 Å². The summed E-state index contributed by atoms with van der Waals surface area (Å²) in [6.45, 7) is 3.67. The van der Waals surface area contributed by atoms with Crippen molar-refractivity contribution in [2.24, 2.45) is 5.73 Å². The van der Waals surface area contributed by atoms with Gasteiger partial charge in [0.15, 0.2) is 0 Å². The van der Waals surface area contributed by atoms with Crippen molar-refractivity contribution >= 4 is 33.7 Å². The van der Waals surface area contributed by atoms with E-state index in [4.69, 9.17) is 15.6 Å². The van der Waals surface area contributed by atoms with Crippen LogP contribution in [0.1, 0.15) is 19.4 Å². The molecule has 0 saturated heterocycles. The highest BCUT2D eigenvalue weighted by Gasteiger charge is 2.32. The molecule has 1 aromatic carbocycles. The second-order valence-corrected chi connectivity index (χ2v) is 7.21. The lowest BCUT2D eigenvalue weighted by Gasteiger charge is -2.28. The van der Waals surface area contributed by atoms with Crippen LogP contribution in [0, 0.1) is 0 Å². The number of hydrogen-bond donors (Lipinski definition) is 2. The smallest absolute Gasteiger partial charge is 0.321 e. The first-order chi connectivity index (χ1) is 8.77. The summed E-state index contributed by atoms with van der Waals surface area (Å²) in [4.78, 5) is 11.0. The molecule has 0 heterocycles. The summed E-state index contributed by atoms with van der Waals surface area (Å²) in [5, 5.41) is 8.99. The molecule has 3 N–H and O–H groups in total. The van der Waals surface area contributed by atoms with Gasteiger partial charge in [0.05, 0.1) is 7.11 Å². The lowest BCUT2D eigenvalue weighted by molar-refractivity contribution is -0.139. The first kappa shape index (κ1) is 16.3. The molecular formula is C13H18BrNO3S. The lowest BCUT2D eigenvalue weighted by atomic mass is 10.1. The van der Waals surface area contributed by atoms with E-state index in [1.165, 1.54) is 11.8 Å². The van der Waals surface area contributed by atoms with Gasteiger partial charge >= 0.3 is 5.97 Å². The Morgan fingerprint density at radius 2 is 2.21 bits per heavy atom. The molecule has 106 valence electrons. The number of rotatable bonds is 6. The number of methoxy groups -OCH3 is 1. The zero-order chi connectivity index (χ0) is 14.6. The molecule has 1 atom stereocenters. The van der Waals surface area contributed by atoms with Crippen molar-refractivity contribution in [3.63, 3.8) is 0 Å². The molecule has 0 bridgehead atoms. The van der Waals surface area contributed by atoms with Gasteiger partial charge in [0, 0.05) is 20.5 Å². The minimum Gasteiger partial charge on any atom is -0.496 e. The van der Waals surface area contributed by atoms with Gasteiger partial charge in [-0.2, -0.15) is 0 Å². The van der Waals surface area contributed by atoms with Crippen LogP contribution in [0.25, 0.3) is 0 Å². The van der Waals surface area contributed by atoms with Crippen LogP contribution in [-0.4, -0.2) is 29.0 Å². The van der Waals surface area contributed by atoms with Gasteiger partial charge in [-0.25, -0.2) is 0 Å². The largest absolute Gasteiger partial charge is 0.496 e. The molecule has 0 fully saturated rings. The van der Waals surface area contributed by atoms with E-state index in [0.29, 0.717) is 5.75 Å². The van der Waals surface area contributed by atoms with E-state index in [2.05, 4.69) is 15.9 Å². The van der Waals surface area contributed by atoms with E-state index < -0.39 is 16.8 Å². The summed E-state index contributed by atoms with van der Waals surface area (Å²) in [5.41, 5.74) is 6.70. The van der Waals surface area contributed by atoms with Crippen LogP contribution >= 0.6 is 27.7 Å². The fourth-order valence-corrected chi connectivity index (χ4v) is 2.95. The number of aliphatic carboxylic acids is 1. The summed E-state index contributed by atoms with van der Waals surface area (Å²) in [6.07, 6.45) is 0.